The highest BCUT2D eigenvalue weighted by Gasteiger charge is 2.17. The molecular formula is C12H17NO4. The molecule has 0 saturated carbocycles. The monoisotopic (exact) mass is 239 g/mol. The first kappa shape index (κ1) is 13.3. The maximum atomic E-state index is 11.6. The van der Waals surface area contributed by atoms with Crippen LogP contribution in [0.4, 0.5) is 0 Å². The molecule has 0 fully saturated rings. The lowest BCUT2D eigenvalue weighted by molar-refractivity contribution is -0.141. The van der Waals surface area contributed by atoms with E-state index < -0.39 is 11.9 Å². The van der Waals surface area contributed by atoms with Crippen LogP contribution in [0.3, 0.4) is 0 Å². The van der Waals surface area contributed by atoms with Crippen LogP contribution in [0.2, 0.25) is 0 Å². The van der Waals surface area contributed by atoms with Gasteiger partial charge in [0.15, 0.2) is 5.76 Å². The minimum Gasteiger partial charge on any atom is -0.481 e. The minimum absolute atomic E-state index is 0.118. The van der Waals surface area contributed by atoms with Crippen LogP contribution in [0.15, 0.2) is 16.5 Å². The third kappa shape index (κ3) is 3.62. The van der Waals surface area contributed by atoms with E-state index in [4.69, 9.17) is 9.52 Å². The molecular weight excluding hydrogens is 222 g/mol. The number of carbonyl (C=O) groups excluding carboxylic acids is 1. The molecule has 0 bridgehead atoms. The van der Waals surface area contributed by atoms with Crippen molar-refractivity contribution >= 4 is 11.9 Å². The summed E-state index contributed by atoms with van der Waals surface area (Å²) in [7, 11) is 0. The Morgan fingerprint density at radius 3 is 2.59 bits per heavy atom. The molecule has 94 valence electrons. The van der Waals surface area contributed by atoms with Crippen LogP contribution in [0, 0.1) is 5.92 Å². The van der Waals surface area contributed by atoms with Gasteiger partial charge in [-0.25, -0.2) is 0 Å². The molecule has 1 aromatic rings. The second-order valence-electron chi connectivity index (χ2n) is 3.77. The average molecular weight is 239 g/mol. The van der Waals surface area contributed by atoms with Gasteiger partial charge in [0.25, 0.3) is 5.91 Å². The molecule has 1 heterocycles. The fourth-order valence-corrected chi connectivity index (χ4v) is 1.40. The van der Waals surface area contributed by atoms with E-state index in [1.807, 2.05) is 6.92 Å². The van der Waals surface area contributed by atoms with Gasteiger partial charge in [0, 0.05) is 13.0 Å². The lowest BCUT2D eigenvalue weighted by Crippen LogP contribution is -2.32. The number of hydrogen-bond acceptors (Lipinski definition) is 3. The number of furan rings is 1. The molecule has 1 amide bonds. The molecule has 0 spiro atoms. The molecule has 0 aromatic carbocycles. The maximum Gasteiger partial charge on any atom is 0.308 e. The van der Waals surface area contributed by atoms with E-state index in [9.17, 15) is 9.59 Å². The molecule has 0 aliphatic carbocycles. The molecule has 1 rings (SSSR count). The van der Waals surface area contributed by atoms with Crippen LogP contribution in [-0.4, -0.2) is 23.5 Å². The summed E-state index contributed by atoms with van der Waals surface area (Å²) in [5.74, 6) is -0.868. The molecule has 1 aromatic heterocycles. The van der Waals surface area contributed by atoms with Crippen molar-refractivity contribution in [1.82, 2.24) is 5.32 Å². The normalized spacial score (nSPS) is 12.1. The van der Waals surface area contributed by atoms with Crippen molar-refractivity contribution in [2.24, 2.45) is 5.92 Å². The van der Waals surface area contributed by atoms with Crippen molar-refractivity contribution in [2.45, 2.75) is 26.7 Å². The zero-order valence-corrected chi connectivity index (χ0v) is 10.0. The van der Waals surface area contributed by atoms with Crippen LogP contribution >= 0.6 is 0 Å². The van der Waals surface area contributed by atoms with E-state index in [0.717, 1.165) is 12.2 Å². The van der Waals surface area contributed by atoms with E-state index in [0.29, 0.717) is 6.42 Å². The van der Waals surface area contributed by atoms with E-state index in [-0.39, 0.29) is 18.2 Å². The van der Waals surface area contributed by atoms with Gasteiger partial charge >= 0.3 is 5.97 Å². The van der Waals surface area contributed by atoms with Gasteiger partial charge in [-0.1, -0.05) is 13.8 Å². The Hall–Kier alpha value is -1.78. The van der Waals surface area contributed by atoms with Gasteiger partial charge in [-0.15, -0.1) is 0 Å². The van der Waals surface area contributed by atoms with Gasteiger partial charge in [-0.2, -0.15) is 0 Å². The third-order valence-electron chi connectivity index (χ3n) is 2.58. The average Bonchev–Trinajstić information content (AvgIpc) is 2.77. The topological polar surface area (TPSA) is 79.5 Å². The standard InChI is InChI=1S/C12H17NO4/c1-3-8(12(15)16)7-13-11(14)10-6-5-9(4-2)17-10/h5-6,8H,3-4,7H2,1-2H3,(H,13,14)(H,15,16). The van der Waals surface area contributed by atoms with Gasteiger partial charge in [0.1, 0.15) is 5.76 Å². The Bertz CT molecular complexity index is 397. The highest BCUT2D eigenvalue weighted by atomic mass is 16.4. The summed E-state index contributed by atoms with van der Waals surface area (Å²) < 4.78 is 5.26. The van der Waals surface area contributed by atoms with Crippen molar-refractivity contribution < 1.29 is 19.1 Å². The van der Waals surface area contributed by atoms with E-state index >= 15 is 0 Å². The molecule has 0 aliphatic heterocycles. The Kier molecular flexibility index (Phi) is 4.75. The summed E-state index contributed by atoms with van der Waals surface area (Å²) in [4.78, 5) is 22.4. The van der Waals surface area contributed by atoms with Gasteiger partial charge in [0.05, 0.1) is 5.92 Å². The van der Waals surface area contributed by atoms with Gasteiger partial charge in [-0.3, -0.25) is 9.59 Å². The van der Waals surface area contributed by atoms with Crippen LogP contribution < -0.4 is 5.32 Å². The number of aryl methyl sites for hydroxylation is 1. The quantitative estimate of drug-likeness (QED) is 0.791. The second kappa shape index (κ2) is 6.08. The highest BCUT2D eigenvalue weighted by Crippen LogP contribution is 2.08. The summed E-state index contributed by atoms with van der Waals surface area (Å²) in [5, 5.41) is 11.4. The first-order chi connectivity index (χ1) is 8.08. The summed E-state index contributed by atoms with van der Waals surface area (Å²) in [6.07, 6.45) is 1.20. The summed E-state index contributed by atoms with van der Waals surface area (Å²) in [6.45, 7) is 3.82. The molecule has 17 heavy (non-hydrogen) atoms. The van der Waals surface area contributed by atoms with E-state index in [1.54, 1.807) is 19.1 Å². The number of carboxylic acids is 1. The second-order valence-corrected chi connectivity index (χ2v) is 3.77. The SMILES string of the molecule is CCc1ccc(C(=O)NCC(CC)C(=O)O)o1. The molecule has 1 atom stereocenters. The predicted octanol–water partition coefficient (Wildman–Crippen LogP) is 1.68. The Balaban J connectivity index is 2.52. The van der Waals surface area contributed by atoms with Gasteiger partial charge in [-0.05, 0) is 18.6 Å². The Morgan fingerprint density at radius 2 is 2.12 bits per heavy atom. The molecule has 0 saturated heterocycles. The lowest BCUT2D eigenvalue weighted by atomic mass is 10.1. The zero-order chi connectivity index (χ0) is 12.8. The lowest BCUT2D eigenvalue weighted by Gasteiger charge is -2.09. The molecule has 0 aliphatic rings. The largest absolute Gasteiger partial charge is 0.481 e. The molecule has 2 N–H and O–H groups in total. The molecule has 1 unspecified atom stereocenters. The van der Waals surface area contributed by atoms with E-state index in [2.05, 4.69) is 5.32 Å². The number of rotatable bonds is 6. The van der Waals surface area contributed by atoms with Crippen LogP contribution in [0.1, 0.15) is 36.6 Å². The van der Waals surface area contributed by atoms with Crippen molar-refractivity contribution in [3.05, 3.63) is 23.7 Å². The third-order valence-corrected chi connectivity index (χ3v) is 2.58. The summed E-state index contributed by atoms with van der Waals surface area (Å²) in [5.41, 5.74) is 0. The first-order valence-corrected chi connectivity index (χ1v) is 5.68. The predicted molar refractivity (Wildman–Crippen MR) is 61.8 cm³/mol. The molecule has 5 heteroatoms. The fourth-order valence-electron chi connectivity index (χ4n) is 1.40. The van der Waals surface area contributed by atoms with Gasteiger partial charge in [0.2, 0.25) is 0 Å². The Labute approximate surface area is 99.8 Å². The van der Waals surface area contributed by atoms with E-state index in [1.165, 1.54) is 0 Å². The fraction of sp³-hybridized carbons (Fsp3) is 0.500. The number of aliphatic carboxylic acids is 1. The highest BCUT2D eigenvalue weighted by molar-refractivity contribution is 5.91. The zero-order valence-electron chi connectivity index (χ0n) is 10.0. The number of carboxylic acid groups (broad SMARTS) is 1. The molecule has 5 nitrogen and oxygen atoms in total. The molecule has 0 radical (unpaired) electrons. The number of amides is 1. The summed E-state index contributed by atoms with van der Waals surface area (Å²) in [6, 6.07) is 3.33. The van der Waals surface area contributed by atoms with Crippen molar-refractivity contribution in [3.8, 4) is 0 Å². The maximum absolute atomic E-state index is 11.6. The van der Waals surface area contributed by atoms with Crippen molar-refractivity contribution in [3.63, 3.8) is 0 Å². The minimum atomic E-state index is -0.901. The summed E-state index contributed by atoms with van der Waals surface area (Å²) >= 11 is 0. The van der Waals surface area contributed by atoms with Gasteiger partial charge < -0.3 is 14.8 Å². The van der Waals surface area contributed by atoms with Crippen LogP contribution in [0.5, 0.6) is 0 Å². The first-order valence-electron chi connectivity index (χ1n) is 5.68. The van der Waals surface area contributed by atoms with Crippen molar-refractivity contribution in [1.29, 1.82) is 0 Å². The number of nitrogens with one attached hydrogen (secondary N) is 1. The smallest absolute Gasteiger partial charge is 0.308 e. The number of carbonyl (C=O) groups is 2. The Morgan fingerprint density at radius 1 is 1.41 bits per heavy atom. The number of hydrogen-bond donors (Lipinski definition) is 2. The van der Waals surface area contributed by atoms with Crippen molar-refractivity contribution in [2.75, 3.05) is 6.54 Å². The van der Waals surface area contributed by atoms with Crippen LogP contribution in [0.25, 0.3) is 0 Å². The van der Waals surface area contributed by atoms with Crippen LogP contribution in [-0.2, 0) is 11.2 Å².